The summed E-state index contributed by atoms with van der Waals surface area (Å²) in [5.41, 5.74) is 0. The summed E-state index contributed by atoms with van der Waals surface area (Å²) in [5, 5.41) is 3.62. The van der Waals surface area contributed by atoms with E-state index in [1.54, 1.807) is 6.26 Å². The van der Waals surface area contributed by atoms with Gasteiger partial charge in [-0.15, -0.1) is 0 Å². The molecule has 16 heavy (non-hydrogen) atoms. The molecule has 0 amide bonds. The summed E-state index contributed by atoms with van der Waals surface area (Å²) in [7, 11) is 0. The molecule has 2 saturated carbocycles. The van der Waals surface area contributed by atoms with Crippen LogP contribution >= 0.6 is 0 Å². The summed E-state index contributed by atoms with van der Waals surface area (Å²) in [4.78, 5) is 0. The van der Waals surface area contributed by atoms with Crippen LogP contribution in [0.25, 0.3) is 0 Å². The molecule has 2 nitrogen and oxygen atoms in total. The van der Waals surface area contributed by atoms with Crippen molar-refractivity contribution in [1.82, 2.24) is 5.32 Å². The van der Waals surface area contributed by atoms with Crippen LogP contribution in [0.3, 0.4) is 0 Å². The van der Waals surface area contributed by atoms with Gasteiger partial charge in [-0.05, 0) is 62.6 Å². The first-order valence-electron chi connectivity index (χ1n) is 6.59. The summed E-state index contributed by atoms with van der Waals surface area (Å²) in [5.74, 6) is 4.05. The Balaban J connectivity index is 1.50. The minimum absolute atomic E-state index is 0.356. The Labute approximate surface area is 97.4 Å². The standard InChI is InChI=1S/C14H21NO/c1-10(14-3-2-6-16-14)15-9-13-8-11-4-5-12(13)7-11/h2-3,6,10-13,15H,4-5,7-9H2,1H3/t10-,11?,12?,13?/m0/s1. The Morgan fingerprint density at radius 3 is 3.00 bits per heavy atom. The predicted molar refractivity (Wildman–Crippen MR) is 64.1 cm³/mol. The number of fused-ring (bicyclic) bond motifs is 2. The van der Waals surface area contributed by atoms with E-state index in [4.69, 9.17) is 4.42 Å². The summed E-state index contributed by atoms with van der Waals surface area (Å²) in [6.45, 7) is 3.36. The van der Waals surface area contributed by atoms with Gasteiger partial charge in [0.25, 0.3) is 0 Å². The van der Waals surface area contributed by atoms with Gasteiger partial charge in [0.05, 0.1) is 12.3 Å². The van der Waals surface area contributed by atoms with Crippen molar-refractivity contribution in [3.05, 3.63) is 24.2 Å². The molecule has 2 fully saturated rings. The quantitative estimate of drug-likeness (QED) is 0.840. The Hall–Kier alpha value is -0.760. The highest BCUT2D eigenvalue weighted by molar-refractivity contribution is 5.03. The van der Waals surface area contributed by atoms with Crippen molar-refractivity contribution in [1.29, 1.82) is 0 Å². The van der Waals surface area contributed by atoms with E-state index in [1.807, 2.05) is 6.07 Å². The van der Waals surface area contributed by atoms with Crippen LogP contribution in [0.5, 0.6) is 0 Å². The fourth-order valence-corrected chi connectivity index (χ4v) is 3.59. The van der Waals surface area contributed by atoms with Crippen molar-refractivity contribution in [3.8, 4) is 0 Å². The zero-order valence-corrected chi connectivity index (χ0v) is 9.99. The fourth-order valence-electron chi connectivity index (χ4n) is 3.59. The lowest BCUT2D eigenvalue weighted by molar-refractivity contribution is 0.301. The number of furan rings is 1. The van der Waals surface area contributed by atoms with Crippen LogP contribution in [0.15, 0.2) is 22.8 Å². The molecule has 2 aliphatic carbocycles. The van der Waals surface area contributed by atoms with Gasteiger partial charge in [0, 0.05) is 0 Å². The smallest absolute Gasteiger partial charge is 0.120 e. The normalized spacial score (nSPS) is 34.4. The highest BCUT2D eigenvalue weighted by atomic mass is 16.3. The van der Waals surface area contributed by atoms with Gasteiger partial charge in [-0.2, -0.15) is 0 Å². The molecule has 0 spiro atoms. The zero-order valence-electron chi connectivity index (χ0n) is 9.99. The Bertz CT molecular complexity index is 333. The van der Waals surface area contributed by atoms with Gasteiger partial charge in [-0.1, -0.05) is 6.42 Å². The minimum atomic E-state index is 0.356. The van der Waals surface area contributed by atoms with Crippen molar-refractivity contribution < 1.29 is 4.42 Å². The lowest BCUT2D eigenvalue weighted by Gasteiger charge is -2.23. The molecule has 3 unspecified atom stereocenters. The molecule has 0 aliphatic heterocycles. The first kappa shape index (κ1) is 10.4. The molecule has 2 aliphatic rings. The van der Waals surface area contributed by atoms with Crippen LogP contribution in [-0.2, 0) is 0 Å². The topological polar surface area (TPSA) is 25.2 Å². The summed E-state index contributed by atoms with van der Waals surface area (Å²) < 4.78 is 5.41. The van der Waals surface area contributed by atoms with Gasteiger partial charge in [0.2, 0.25) is 0 Å². The van der Waals surface area contributed by atoms with E-state index in [2.05, 4.69) is 18.3 Å². The maximum Gasteiger partial charge on any atom is 0.120 e. The molecule has 0 aromatic carbocycles. The van der Waals surface area contributed by atoms with Gasteiger partial charge in [-0.3, -0.25) is 0 Å². The van der Waals surface area contributed by atoms with E-state index < -0.39 is 0 Å². The van der Waals surface area contributed by atoms with Crippen LogP contribution in [0, 0.1) is 17.8 Å². The van der Waals surface area contributed by atoms with E-state index in [0.29, 0.717) is 6.04 Å². The van der Waals surface area contributed by atoms with Crippen molar-refractivity contribution in [2.24, 2.45) is 17.8 Å². The van der Waals surface area contributed by atoms with E-state index in [0.717, 1.165) is 23.5 Å². The molecular formula is C14H21NO. The zero-order chi connectivity index (χ0) is 11.0. The average molecular weight is 219 g/mol. The molecule has 2 bridgehead atoms. The third kappa shape index (κ3) is 1.91. The van der Waals surface area contributed by atoms with Crippen LogP contribution in [0.1, 0.15) is 44.4 Å². The highest BCUT2D eigenvalue weighted by Gasteiger charge is 2.39. The summed E-state index contributed by atoms with van der Waals surface area (Å²) in [6, 6.07) is 4.37. The predicted octanol–water partition coefficient (Wildman–Crippen LogP) is 3.37. The molecule has 1 heterocycles. The molecule has 0 saturated heterocycles. The number of rotatable bonds is 4. The van der Waals surface area contributed by atoms with Gasteiger partial charge >= 0.3 is 0 Å². The van der Waals surface area contributed by atoms with Gasteiger partial charge < -0.3 is 9.73 Å². The molecular weight excluding hydrogens is 198 g/mol. The molecule has 2 heteroatoms. The largest absolute Gasteiger partial charge is 0.468 e. The van der Waals surface area contributed by atoms with Gasteiger partial charge in [0.15, 0.2) is 0 Å². The van der Waals surface area contributed by atoms with E-state index in [9.17, 15) is 0 Å². The molecule has 1 aromatic rings. The van der Waals surface area contributed by atoms with Crippen LogP contribution in [-0.4, -0.2) is 6.54 Å². The van der Waals surface area contributed by atoms with Crippen LogP contribution < -0.4 is 5.32 Å². The molecule has 1 aromatic heterocycles. The summed E-state index contributed by atoms with van der Waals surface area (Å²) >= 11 is 0. The third-order valence-corrected chi connectivity index (χ3v) is 4.54. The van der Waals surface area contributed by atoms with Crippen molar-refractivity contribution in [2.75, 3.05) is 6.54 Å². The Kier molecular flexibility index (Phi) is 2.76. The SMILES string of the molecule is C[C@H](NCC1CC2CCC1C2)c1ccco1. The van der Waals surface area contributed by atoms with Crippen molar-refractivity contribution >= 4 is 0 Å². The second kappa shape index (κ2) is 4.25. The molecule has 0 radical (unpaired) electrons. The maximum absolute atomic E-state index is 5.41. The fraction of sp³-hybridized carbons (Fsp3) is 0.714. The van der Waals surface area contributed by atoms with Gasteiger partial charge in [-0.25, -0.2) is 0 Å². The van der Waals surface area contributed by atoms with Crippen LogP contribution in [0.4, 0.5) is 0 Å². The van der Waals surface area contributed by atoms with Crippen molar-refractivity contribution in [2.45, 2.75) is 38.6 Å². The first-order valence-corrected chi connectivity index (χ1v) is 6.59. The lowest BCUT2D eigenvalue weighted by atomic mass is 9.88. The molecule has 4 atom stereocenters. The molecule has 88 valence electrons. The minimum Gasteiger partial charge on any atom is -0.468 e. The van der Waals surface area contributed by atoms with E-state index in [1.165, 1.54) is 32.2 Å². The Morgan fingerprint density at radius 2 is 2.38 bits per heavy atom. The Morgan fingerprint density at radius 1 is 1.44 bits per heavy atom. The molecule has 3 rings (SSSR count). The average Bonchev–Trinajstić information content (AvgIpc) is 3.01. The second-order valence-corrected chi connectivity index (χ2v) is 5.58. The number of nitrogens with one attached hydrogen (secondary N) is 1. The third-order valence-electron chi connectivity index (χ3n) is 4.54. The number of hydrogen-bond acceptors (Lipinski definition) is 2. The number of hydrogen-bond donors (Lipinski definition) is 1. The first-order chi connectivity index (χ1) is 7.83. The van der Waals surface area contributed by atoms with Crippen molar-refractivity contribution in [3.63, 3.8) is 0 Å². The summed E-state index contributed by atoms with van der Waals surface area (Å²) in [6.07, 6.45) is 7.69. The highest BCUT2D eigenvalue weighted by Crippen LogP contribution is 2.48. The van der Waals surface area contributed by atoms with E-state index >= 15 is 0 Å². The second-order valence-electron chi connectivity index (χ2n) is 5.58. The molecule has 1 N–H and O–H groups in total. The van der Waals surface area contributed by atoms with Crippen LogP contribution in [0.2, 0.25) is 0 Å². The van der Waals surface area contributed by atoms with E-state index in [-0.39, 0.29) is 0 Å². The lowest BCUT2D eigenvalue weighted by Crippen LogP contribution is -2.28. The van der Waals surface area contributed by atoms with Gasteiger partial charge in [0.1, 0.15) is 5.76 Å². The maximum atomic E-state index is 5.41. The monoisotopic (exact) mass is 219 g/mol.